The molecule has 7 nitrogen and oxygen atoms in total. The molecule has 1 amide bonds. The first-order valence-corrected chi connectivity index (χ1v) is 9.85. The van der Waals surface area contributed by atoms with Gasteiger partial charge < -0.3 is 15.5 Å². The molecule has 0 spiro atoms. The number of hydrogen-bond donors (Lipinski definition) is 1. The summed E-state index contributed by atoms with van der Waals surface area (Å²) in [6.07, 6.45) is 0. The predicted molar refractivity (Wildman–Crippen MR) is 112 cm³/mol. The number of thioether (sulfide) groups is 1. The van der Waals surface area contributed by atoms with E-state index in [0.29, 0.717) is 16.7 Å². The number of nitrogens with two attached hydrogens (primary N) is 1. The molecule has 3 rings (SSSR count). The Labute approximate surface area is 168 Å². The van der Waals surface area contributed by atoms with Crippen molar-refractivity contribution in [2.75, 3.05) is 23.6 Å². The largest absolute Gasteiger partial charge is 0.496 e. The van der Waals surface area contributed by atoms with Crippen LogP contribution < -0.4 is 15.5 Å². The predicted octanol–water partition coefficient (Wildman–Crippen LogP) is 3.20. The first kappa shape index (κ1) is 19.8. The Morgan fingerprint density at radius 1 is 1.14 bits per heavy atom. The number of rotatable bonds is 7. The second kappa shape index (κ2) is 8.79. The molecule has 0 radical (unpaired) electrons. The van der Waals surface area contributed by atoms with E-state index < -0.39 is 0 Å². The van der Waals surface area contributed by atoms with Crippen molar-refractivity contribution in [1.29, 1.82) is 0 Å². The van der Waals surface area contributed by atoms with Gasteiger partial charge >= 0.3 is 0 Å². The molecule has 2 N–H and O–H groups in total. The third-order valence-electron chi connectivity index (χ3n) is 4.16. The molecule has 0 bridgehead atoms. The van der Waals surface area contributed by atoms with Gasteiger partial charge in [-0.3, -0.25) is 4.79 Å². The van der Waals surface area contributed by atoms with E-state index in [0.717, 1.165) is 11.3 Å². The zero-order valence-electron chi connectivity index (χ0n) is 16.1. The van der Waals surface area contributed by atoms with Gasteiger partial charge in [-0.25, -0.2) is 4.68 Å². The minimum atomic E-state index is -0.0203. The summed E-state index contributed by atoms with van der Waals surface area (Å²) < 4.78 is 6.75. The maximum Gasteiger partial charge on any atom is 0.237 e. The van der Waals surface area contributed by atoms with Crippen molar-refractivity contribution in [1.82, 2.24) is 14.9 Å². The minimum absolute atomic E-state index is 0.0203. The Kier molecular flexibility index (Phi) is 6.20. The number of ether oxygens (including phenoxy) is 1. The van der Waals surface area contributed by atoms with E-state index in [1.165, 1.54) is 16.4 Å². The van der Waals surface area contributed by atoms with E-state index in [-0.39, 0.29) is 17.7 Å². The monoisotopic (exact) mass is 397 g/mol. The summed E-state index contributed by atoms with van der Waals surface area (Å²) in [5.41, 5.74) is 1.61. The molecule has 0 aliphatic heterocycles. The summed E-state index contributed by atoms with van der Waals surface area (Å²) in [6, 6.07) is 17.1. The number of carbonyl (C=O) groups excluding carboxylic acids is 1. The zero-order valence-corrected chi connectivity index (χ0v) is 16.9. The molecule has 3 aromatic rings. The number of aromatic nitrogens is 3. The fourth-order valence-corrected chi connectivity index (χ4v) is 3.62. The average Bonchev–Trinajstić information content (AvgIpc) is 3.07. The van der Waals surface area contributed by atoms with Gasteiger partial charge in [0, 0.05) is 11.7 Å². The summed E-state index contributed by atoms with van der Waals surface area (Å²) in [7, 11) is 1.59. The van der Waals surface area contributed by atoms with E-state index in [4.69, 9.17) is 10.6 Å². The number of nitrogen functional groups attached to an aromatic ring is 1. The first-order chi connectivity index (χ1) is 13.5. The summed E-state index contributed by atoms with van der Waals surface area (Å²) >= 11 is 1.26. The standard InChI is InChI=1S/C20H23N5O2S/c1-14(2)24(15-9-5-4-6-10-15)18(26)13-28-20-23-22-19(25(20)21)16-11-7-8-12-17(16)27-3/h4-12,14H,13,21H2,1-3H3. The molecule has 1 heterocycles. The number of methoxy groups -OCH3 is 1. The molecule has 0 atom stereocenters. The van der Waals surface area contributed by atoms with Crippen molar-refractivity contribution < 1.29 is 9.53 Å². The smallest absolute Gasteiger partial charge is 0.237 e. The van der Waals surface area contributed by atoms with E-state index in [1.54, 1.807) is 12.0 Å². The molecular weight excluding hydrogens is 374 g/mol. The van der Waals surface area contributed by atoms with Crippen molar-refractivity contribution in [3.63, 3.8) is 0 Å². The molecular formula is C20H23N5O2S. The van der Waals surface area contributed by atoms with Crippen LogP contribution in [-0.4, -0.2) is 39.7 Å². The number of para-hydroxylation sites is 2. The van der Waals surface area contributed by atoms with Crippen LogP contribution in [0.1, 0.15) is 13.8 Å². The molecule has 0 aliphatic carbocycles. The Bertz CT molecular complexity index is 943. The highest BCUT2D eigenvalue weighted by atomic mass is 32.2. The second-order valence-corrected chi connectivity index (χ2v) is 7.30. The molecule has 0 unspecified atom stereocenters. The molecule has 0 saturated carbocycles. The molecule has 28 heavy (non-hydrogen) atoms. The first-order valence-electron chi connectivity index (χ1n) is 8.86. The lowest BCUT2D eigenvalue weighted by atomic mass is 10.2. The number of benzene rings is 2. The Hall–Kier alpha value is -3.00. The van der Waals surface area contributed by atoms with Crippen LogP contribution in [0, 0.1) is 0 Å². The van der Waals surface area contributed by atoms with E-state index in [2.05, 4.69) is 10.2 Å². The Morgan fingerprint density at radius 2 is 1.82 bits per heavy atom. The Balaban J connectivity index is 1.76. The fraction of sp³-hybridized carbons (Fsp3) is 0.250. The van der Waals surface area contributed by atoms with Gasteiger partial charge in [-0.05, 0) is 38.1 Å². The molecule has 0 aliphatic rings. The summed E-state index contributed by atoms with van der Waals surface area (Å²) in [6.45, 7) is 3.97. The lowest BCUT2D eigenvalue weighted by Gasteiger charge is -2.26. The normalized spacial score (nSPS) is 10.9. The van der Waals surface area contributed by atoms with E-state index in [9.17, 15) is 4.79 Å². The highest BCUT2D eigenvalue weighted by Gasteiger charge is 2.21. The van der Waals surface area contributed by atoms with Gasteiger partial charge in [-0.1, -0.05) is 42.1 Å². The van der Waals surface area contributed by atoms with E-state index >= 15 is 0 Å². The molecule has 8 heteroatoms. The zero-order chi connectivity index (χ0) is 20.1. The number of hydrogen-bond acceptors (Lipinski definition) is 6. The van der Waals surface area contributed by atoms with Gasteiger partial charge in [0.2, 0.25) is 11.1 Å². The van der Waals surface area contributed by atoms with Crippen LogP contribution in [0.25, 0.3) is 11.4 Å². The third kappa shape index (κ3) is 4.12. The highest BCUT2D eigenvalue weighted by Crippen LogP contribution is 2.29. The van der Waals surface area contributed by atoms with Gasteiger partial charge in [0.25, 0.3) is 0 Å². The number of carbonyl (C=O) groups is 1. The van der Waals surface area contributed by atoms with Crippen molar-refractivity contribution in [2.45, 2.75) is 25.0 Å². The van der Waals surface area contributed by atoms with Crippen LogP contribution >= 0.6 is 11.8 Å². The topological polar surface area (TPSA) is 86.3 Å². The van der Waals surface area contributed by atoms with Crippen LogP contribution in [0.15, 0.2) is 59.8 Å². The van der Waals surface area contributed by atoms with Crippen molar-refractivity contribution in [3.05, 3.63) is 54.6 Å². The second-order valence-electron chi connectivity index (χ2n) is 6.36. The van der Waals surface area contributed by atoms with Gasteiger partial charge in [-0.15, -0.1) is 10.2 Å². The maximum atomic E-state index is 12.8. The maximum absolute atomic E-state index is 12.8. The van der Waals surface area contributed by atoms with Crippen molar-refractivity contribution in [2.24, 2.45) is 0 Å². The number of nitrogens with zero attached hydrogens (tertiary/aromatic N) is 4. The SMILES string of the molecule is COc1ccccc1-c1nnc(SCC(=O)N(c2ccccc2)C(C)C)n1N. The lowest BCUT2D eigenvalue weighted by Crippen LogP contribution is -2.38. The van der Waals surface area contributed by atoms with Crippen molar-refractivity contribution >= 4 is 23.4 Å². The van der Waals surface area contributed by atoms with Crippen molar-refractivity contribution in [3.8, 4) is 17.1 Å². The van der Waals surface area contributed by atoms with Crippen LogP contribution in [-0.2, 0) is 4.79 Å². The van der Waals surface area contributed by atoms with Gasteiger partial charge in [0.05, 0.1) is 18.4 Å². The van der Waals surface area contributed by atoms with Gasteiger partial charge in [-0.2, -0.15) is 0 Å². The van der Waals surface area contributed by atoms with Gasteiger partial charge in [0.1, 0.15) is 5.75 Å². The molecule has 0 fully saturated rings. The van der Waals surface area contributed by atoms with Crippen LogP contribution in [0.3, 0.4) is 0 Å². The lowest BCUT2D eigenvalue weighted by molar-refractivity contribution is -0.116. The van der Waals surface area contributed by atoms with E-state index in [1.807, 2.05) is 68.4 Å². The Morgan fingerprint density at radius 3 is 2.50 bits per heavy atom. The summed E-state index contributed by atoms with van der Waals surface area (Å²) in [5, 5.41) is 8.78. The number of anilines is 1. The summed E-state index contributed by atoms with van der Waals surface area (Å²) in [4.78, 5) is 14.6. The molecule has 1 aromatic heterocycles. The van der Waals surface area contributed by atoms with Crippen LogP contribution in [0.4, 0.5) is 5.69 Å². The third-order valence-corrected chi connectivity index (χ3v) is 5.08. The highest BCUT2D eigenvalue weighted by molar-refractivity contribution is 7.99. The van der Waals surface area contributed by atoms with Crippen LogP contribution in [0.5, 0.6) is 5.75 Å². The molecule has 2 aromatic carbocycles. The molecule has 146 valence electrons. The molecule has 0 saturated heterocycles. The average molecular weight is 398 g/mol. The van der Waals surface area contributed by atoms with Gasteiger partial charge in [0.15, 0.2) is 5.82 Å². The minimum Gasteiger partial charge on any atom is -0.496 e. The number of amides is 1. The quantitative estimate of drug-likeness (QED) is 0.487. The van der Waals surface area contributed by atoms with Crippen LogP contribution in [0.2, 0.25) is 0 Å². The summed E-state index contributed by atoms with van der Waals surface area (Å²) in [5.74, 6) is 7.50. The fourth-order valence-electron chi connectivity index (χ4n) is 2.90.